The van der Waals surface area contributed by atoms with Crippen LogP contribution in [0.3, 0.4) is 0 Å². The summed E-state index contributed by atoms with van der Waals surface area (Å²) in [6, 6.07) is 4.31. The van der Waals surface area contributed by atoms with Gasteiger partial charge in [0.1, 0.15) is 0 Å². The van der Waals surface area contributed by atoms with Gasteiger partial charge in [-0.2, -0.15) is 0 Å². The molecular formula is C17H20Br2N2O. The number of nitrogen functional groups attached to an aromatic ring is 1. The predicted molar refractivity (Wildman–Crippen MR) is 96.1 cm³/mol. The molecule has 0 heterocycles. The molecule has 1 aromatic carbocycles. The van der Waals surface area contributed by atoms with Gasteiger partial charge in [-0.25, -0.2) is 0 Å². The lowest BCUT2D eigenvalue weighted by molar-refractivity contribution is -0.132. The fraction of sp³-hybridized carbons (Fsp3) is 0.588. The number of hydrogen-bond donors (Lipinski definition) is 2. The molecule has 118 valence electrons. The van der Waals surface area contributed by atoms with Crippen LogP contribution < -0.4 is 5.73 Å². The van der Waals surface area contributed by atoms with Gasteiger partial charge in [0, 0.05) is 20.7 Å². The van der Waals surface area contributed by atoms with Crippen molar-refractivity contribution in [3.05, 3.63) is 26.6 Å². The topological polar surface area (TPSA) is 58.6 Å². The zero-order valence-corrected chi connectivity index (χ0v) is 15.5. The van der Waals surface area contributed by atoms with Crippen molar-refractivity contribution in [3.63, 3.8) is 0 Å². The lowest BCUT2D eigenvalue weighted by atomic mass is 9.52. The quantitative estimate of drug-likeness (QED) is 0.550. The third kappa shape index (κ3) is 2.55. The second-order valence-corrected chi connectivity index (χ2v) is 9.12. The fourth-order valence-electron chi connectivity index (χ4n) is 5.08. The van der Waals surface area contributed by atoms with Gasteiger partial charge in [0.15, 0.2) is 0 Å². The number of nitrogens with zero attached hydrogens (tertiary/aromatic N) is 1. The molecule has 0 spiro atoms. The van der Waals surface area contributed by atoms with E-state index < -0.39 is 0 Å². The summed E-state index contributed by atoms with van der Waals surface area (Å²) in [5, 5.41) is 10.6. The van der Waals surface area contributed by atoms with Crippen LogP contribution in [0.1, 0.15) is 37.7 Å². The van der Waals surface area contributed by atoms with E-state index in [9.17, 15) is 5.11 Å². The molecule has 2 atom stereocenters. The van der Waals surface area contributed by atoms with E-state index in [-0.39, 0.29) is 5.60 Å². The second-order valence-electron chi connectivity index (χ2n) is 7.35. The normalized spacial score (nSPS) is 39.8. The van der Waals surface area contributed by atoms with Crippen molar-refractivity contribution in [2.24, 2.45) is 22.7 Å². The zero-order valence-electron chi connectivity index (χ0n) is 12.3. The maximum Gasteiger partial charge on any atom is 0.0657 e. The van der Waals surface area contributed by atoms with Crippen LogP contribution in [0, 0.1) is 17.8 Å². The van der Waals surface area contributed by atoms with Crippen molar-refractivity contribution in [1.82, 2.24) is 0 Å². The van der Waals surface area contributed by atoms with Crippen molar-refractivity contribution >= 4 is 43.8 Å². The molecule has 22 heavy (non-hydrogen) atoms. The number of aliphatic hydroxyl groups is 1. The molecule has 4 bridgehead atoms. The highest BCUT2D eigenvalue weighted by Gasteiger charge is 2.54. The first-order valence-corrected chi connectivity index (χ1v) is 9.52. The van der Waals surface area contributed by atoms with Crippen LogP contribution in [0.5, 0.6) is 0 Å². The van der Waals surface area contributed by atoms with Gasteiger partial charge in [-0.15, -0.1) is 0 Å². The molecule has 1 aromatic rings. The van der Waals surface area contributed by atoms with Gasteiger partial charge in [-0.1, -0.05) is 15.9 Å². The number of hydrogen-bond acceptors (Lipinski definition) is 3. The van der Waals surface area contributed by atoms with Crippen molar-refractivity contribution in [1.29, 1.82) is 0 Å². The third-order valence-electron chi connectivity index (χ3n) is 5.70. The first-order valence-electron chi connectivity index (χ1n) is 7.94. The molecule has 0 aromatic heterocycles. The van der Waals surface area contributed by atoms with Gasteiger partial charge in [0.25, 0.3) is 0 Å². The largest absolute Gasteiger partial charge is 0.397 e. The lowest BCUT2D eigenvalue weighted by Gasteiger charge is -2.56. The van der Waals surface area contributed by atoms with Crippen LogP contribution >= 0.6 is 31.9 Å². The highest BCUT2D eigenvalue weighted by Crippen LogP contribution is 2.56. The first kappa shape index (κ1) is 15.2. The number of aliphatic imine (C=N–C) groups is 1. The Morgan fingerprint density at radius 1 is 1.18 bits per heavy atom. The van der Waals surface area contributed by atoms with Gasteiger partial charge in [0.05, 0.1) is 17.3 Å². The Hall–Kier alpha value is -0.390. The van der Waals surface area contributed by atoms with Gasteiger partial charge in [0.2, 0.25) is 0 Å². The molecule has 0 amide bonds. The Morgan fingerprint density at radius 2 is 1.86 bits per heavy atom. The average Bonchev–Trinajstić information content (AvgIpc) is 2.41. The molecule has 5 heteroatoms. The van der Waals surface area contributed by atoms with Crippen molar-refractivity contribution < 1.29 is 5.11 Å². The molecule has 4 saturated carbocycles. The molecule has 0 aliphatic heterocycles. The van der Waals surface area contributed by atoms with E-state index in [1.165, 1.54) is 12.8 Å². The minimum atomic E-state index is -0.389. The van der Waals surface area contributed by atoms with E-state index in [2.05, 4.69) is 31.9 Å². The fourth-order valence-corrected chi connectivity index (χ4v) is 6.33. The molecule has 0 saturated heterocycles. The third-order valence-corrected chi connectivity index (χ3v) is 6.82. The van der Waals surface area contributed by atoms with Crippen LogP contribution in [0.15, 0.2) is 26.1 Å². The van der Waals surface area contributed by atoms with E-state index in [1.807, 2.05) is 18.3 Å². The van der Waals surface area contributed by atoms with Gasteiger partial charge >= 0.3 is 0 Å². The highest BCUT2D eigenvalue weighted by atomic mass is 79.9. The Kier molecular flexibility index (Phi) is 3.66. The number of benzene rings is 1. The van der Waals surface area contributed by atoms with Crippen molar-refractivity contribution in [2.45, 2.75) is 43.7 Å². The van der Waals surface area contributed by atoms with Crippen LogP contribution in [0.2, 0.25) is 0 Å². The second kappa shape index (κ2) is 5.32. The summed E-state index contributed by atoms with van der Waals surface area (Å²) in [7, 11) is 0. The molecule has 3 nitrogen and oxygen atoms in total. The van der Waals surface area contributed by atoms with E-state index >= 15 is 0 Å². The van der Waals surface area contributed by atoms with Crippen LogP contribution in [0.25, 0.3) is 0 Å². The molecular weight excluding hydrogens is 408 g/mol. The smallest absolute Gasteiger partial charge is 0.0657 e. The Labute approximate surface area is 147 Å². The summed E-state index contributed by atoms with van der Waals surface area (Å²) in [6.45, 7) is 0. The van der Waals surface area contributed by atoms with Crippen molar-refractivity contribution in [3.8, 4) is 0 Å². The summed E-state index contributed by atoms with van der Waals surface area (Å²) >= 11 is 6.98. The maximum atomic E-state index is 10.6. The van der Waals surface area contributed by atoms with Gasteiger partial charge in [-0.05, 0) is 77.9 Å². The molecule has 0 radical (unpaired) electrons. The average molecular weight is 428 g/mol. The number of rotatable bonds is 2. The van der Waals surface area contributed by atoms with Crippen LogP contribution in [-0.2, 0) is 0 Å². The molecule has 4 aliphatic rings. The molecule has 4 fully saturated rings. The minimum Gasteiger partial charge on any atom is -0.397 e. The first-order chi connectivity index (χ1) is 10.4. The summed E-state index contributed by atoms with van der Waals surface area (Å²) in [4.78, 5) is 4.91. The highest BCUT2D eigenvalue weighted by molar-refractivity contribution is 9.11. The Balaban J connectivity index is 1.60. The standard InChI is InChI=1S/C17H20Br2N2O/c18-13-3-12(15(20)14(19)4-13)8-21-16-10-1-9-2-11(16)7-17(22,5-9)6-10/h3-4,8-11,16,22H,1-2,5-7,20H2. The summed E-state index contributed by atoms with van der Waals surface area (Å²) < 4.78 is 1.89. The van der Waals surface area contributed by atoms with Crippen molar-refractivity contribution in [2.75, 3.05) is 5.73 Å². The number of anilines is 1. The summed E-state index contributed by atoms with van der Waals surface area (Å²) in [6.07, 6.45) is 7.28. The Morgan fingerprint density at radius 3 is 2.50 bits per heavy atom. The summed E-state index contributed by atoms with van der Waals surface area (Å²) in [5.74, 6) is 1.81. The van der Waals surface area contributed by atoms with E-state index in [0.29, 0.717) is 17.9 Å². The molecule has 2 unspecified atom stereocenters. The SMILES string of the molecule is Nc1c(Br)cc(Br)cc1C=NC1C2CC3CC1CC(O)(C3)C2. The zero-order chi connectivity index (χ0) is 15.5. The Bertz CT molecular complexity index is 630. The predicted octanol–water partition coefficient (Wildman–Crippen LogP) is 4.15. The lowest BCUT2D eigenvalue weighted by Crippen LogP contribution is -2.56. The minimum absolute atomic E-state index is 0.356. The molecule has 5 rings (SSSR count). The van der Waals surface area contributed by atoms with E-state index in [0.717, 1.165) is 45.4 Å². The molecule has 4 aliphatic carbocycles. The van der Waals surface area contributed by atoms with Crippen LogP contribution in [-0.4, -0.2) is 23.0 Å². The maximum absolute atomic E-state index is 10.6. The van der Waals surface area contributed by atoms with Crippen LogP contribution in [0.4, 0.5) is 5.69 Å². The number of nitrogens with two attached hydrogens (primary N) is 1. The molecule has 3 N–H and O–H groups in total. The van der Waals surface area contributed by atoms with Gasteiger partial charge < -0.3 is 10.8 Å². The summed E-state index contributed by atoms with van der Waals surface area (Å²) in [5.41, 5.74) is 7.43. The van der Waals surface area contributed by atoms with E-state index in [4.69, 9.17) is 10.7 Å². The van der Waals surface area contributed by atoms with E-state index in [1.54, 1.807) is 0 Å². The van der Waals surface area contributed by atoms with Gasteiger partial charge in [-0.3, -0.25) is 4.99 Å². The number of halogens is 2. The monoisotopic (exact) mass is 426 g/mol.